The van der Waals surface area contributed by atoms with E-state index in [2.05, 4.69) is 24.0 Å². The van der Waals surface area contributed by atoms with Crippen LogP contribution >= 0.6 is 11.6 Å². The summed E-state index contributed by atoms with van der Waals surface area (Å²) in [4.78, 5) is 2.47. The van der Waals surface area contributed by atoms with Gasteiger partial charge in [0.15, 0.2) is 0 Å². The summed E-state index contributed by atoms with van der Waals surface area (Å²) in [5.41, 5.74) is 7.42. The second kappa shape index (κ2) is 7.28. The predicted octanol–water partition coefficient (Wildman–Crippen LogP) is 3.68. The average Bonchev–Trinajstić information content (AvgIpc) is 2.38. The van der Waals surface area contributed by atoms with Crippen molar-refractivity contribution < 1.29 is 0 Å². The zero-order valence-corrected chi connectivity index (χ0v) is 12.6. The van der Waals surface area contributed by atoms with Crippen LogP contribution in [0.4, 0.5) is 0 Å². The lowest BCUT2D eigenvalue weighted by molar-refractivity contribution is 0.143. The van der Waals surface area contributed by atoms with Crippen LogP contribution in [0.1, 0.15) is 38.2 Å². The van der Waals surface area contributed by atoms with Crippen molar-refractivity contribution in [3.63, 3.8) is 0 Å². The van der Waals surface area contributed by atoms with E-state index >= 15 is 0 Å². The van der Waals surface area contributed by atoms with Gasteiger partial charge in [-0.3, -0.25) is 4.90 Å². The Labute approximate surface area is 121 Å². The fourth-order valence-electron chi connectivity index (χ4n) is 3.05. The van der Waals surface area contributed by atoms with Crippen molar-refractivity contribution in [1.29, 1.82) is 0 Å². The molecule has 106 valence electrons. The molecule has 3 heteroatoms. The van der Waals surface area contributed by atoms with Crippen molar-refractivity contribution in [2.75, 3.05) is 13.1 Å². The number of hydrogen-bond donors (Lipinski definition) is 1. The Hall–Kier alpha value is -0.570. The molecule has 2 atom stereocenters. The topological polar surface area (TPSA) is 29.3 Å². The summed E-state index contributed by atoms with van der Waals surface area (Å²) in [6.07, 6.45) is 5.08. The highest BCUT2D eigenvalue weighted by Gasteiger charge is 2.24. The van der Waals surface area contributed by atoms with Gasteiger partial charge in [0.1, 0.15) is 0 Å². The van der Waals surface area contributed by atoms with Crippen LogP contribution in [0, 0.1) is 5.92 Å². The Kier molecular flexibility index (Phi) is 5.68. The highest BCUT2D eigenvalue weighted by Crippen LogP contribution is 2.24. The number of piperidine rings is 1. The van der Waals surface area contributed by atoms with Crippen LogP contribution in [0.2, 0.25) is 5.02 Å². The predicted molar refractivity (Wildman–Crippen MR) is 82.3 cm³/mol. The minimum Gasteiger partial charge on any atom is -0.327 e. The molecule has 0 bridgehead atoms. The Morgan fingerprint density at radius 1 is 1.32 bits per heavy atom. The first kappa shape index (κ1) is 14.8. The summed E-state index contributed by atoms with van der Waals surface area (Å²) < 4.78 is 0. The normalized spacial score (nSPS) is 24.6. The number of halogens is 1. The Morgan fingerprint density at radius 3 is 2.84 bits per heavy atom. The molecule has 19 heavy (non-hydrogen) atoms. The summed E-state index contributed by atoms with van der Waals surface area (Å²) in [5, 5.41) is 0.867. The van der Waals surface area contributed by atoms with Crippen LogP contribution in [-0.2, 0) is 6.54 Å². The zero-order valence-electron chi connectivity index (χ0n) is 11.8. The van der Waals surface area contributed by atoms with E-state index in [9.17, 15) is 0 Å². The van der Waals surface area contributed by atoms with E-state index in [0.29, 0.717) is 6.04 Å². The average molecular weight is 281 g/mol. The maximum absolute atomic E-state index is 6.24. The fourth-order valence-corrected chi connectivity index (χ4v) is 3.24. The molecule has 2 unspecified atom stereocenters. The van der Waals surface area contributed by atoms with E-state index in [1.165, 1.54) is 37.8 Å². The van der Waals surface area contributed by atoms with Crippen LogP contribution in [0.5, 0.6) is 0 Å². The highest BCUT2D eigenvalue weighted by atomic mass is 35.5. The van der Waals surface area contributed by atoms with Gasteiger partial charge in [0, 0.05) is 30.7 Å². The third-order valence-electron chi connectivity index (χ3n) is 3.96. The van der Waals surface area contributed by atoms with Gasteiger partial charge in [-0.1, -0.05) is 49.6 Å². The quantitative estimate of drug-likeness (QED) is 0.891. The van der Waals surface area contributed by atoms with Gasteiger partial charge in [-0.05, 0) is 30.4 Å². The van der Waals surface area contributed by atoms with Crippen LogP contribution in [-0.4, -0.2) is 24.0 Å². The molecule has 2 rings (SSSR count). The number of benzene rings is 1. The second-order valence-corrected chi connectivity index (χ2v) is 6.20. The maximum Gasteiger partial charge on any atom is 0.0451 e. The van der Waals surface area contributed by atoms with Crippen molar-refractivity contribution in [2.45, 2.75) is 45.2 Å². The largest absolute Gasteiger partial charge is 0.327 e. The zero-order chi connectivity index (χ0) is 13.7. The van der Waals surface area contributed by atoms with Crippen molar-refractivity contribution in [3.8, 4) is 0 Å². The second-order valence-electron chi connectivity index (χ2n) is 5.79. The van der Waals surface area contributed by atoms with Crippen LogP contribution in [0.3, 0.4) is 0 Å². The van der Waals surface area contributed by atoms with E-state index in [-0.39, 0.29) is 0 Å². The molecule has 1 heterocycles. The minimum atomic E-state index is 0.318. The van der Waals surface area contributed by atoms with E-state index in [1.807, 2.05) is 12.1 Å². The summed E-state index contributed by atoms with van der Waals surface area (Å²) in [6.45, 7) is 5.34. The molecule has 0 aromatic heterocycles. The molecule has 0 radical (unpaired) electrons. The number of nitrogens with zero attached hydrogens (tertiary/aromatic N) is 1. The molecule has 1 fully saturated rings. The van der Waals surface area contributed by atoms with Crippen molar-refractivity contribution in [2.24, 2.45) is 11.7 Å². The molecule has 0 amide bonds. The standard InChI is InChI=1S/C16H25ClN2/c1-2-3-6-13-9-15(18)12-19(10-13)11-14-7-4-5-8-16(14)17/h4-5,7-8,13,15H,2-3,6,9-12,18H2,1H3. The third-order valence-corrected chi connectivity index (χ3v) is 4.33. The molecule has 1 aliphatic heterocycles. The van der Waals surface area contributed by atoms with Gasteiger partial charge in [0.2, 0.25) is 0 Å². The van der Waals surface area contributed by atoms with Crippen LogP contribution < -0.4 is 5.73 Å². The monoisotopic (exact) mass is 280 g/mol. The molecule has 0 saturated carbocycles. The molecule has 0 aliphatic carbocycles. The molecule has 2 N–H and O–H groups in total. The van der Waals surface area contributed by atoms with Crippen molar-refractivity contribution in [1.82, 2.24) is 4.90 Å². The summed E-state index contributed by atoms with van der Waals surface area (Å²) in [5.74, 6) is 0.756. The first-order valence-electron chi connectivity index (χ1n) is 7.40. The number of hydrogen-bond acceptors (Lipinski definition) is 2. The molecular weight excluding hydrogens is 256 g/mol. The SMILES string of the molecule is CCCCC1CC(N)CN(Cc2ccccc2Cl)C1. The van der Waals surface area contributed by atoms with Crippen LogP contribution in [0.15, 0.2) is 24.3 Å². The first-order chi connectivity index (χ1) is 9.19. The number of rotatable bonds is 5. The smallest absolute Gasteiger partial charge is 0.0451 e. The number of likely N-dealkylation sites (tertiary alicyclic amines) is 1. The van der Waals surface area contributed by atoms with Crippen molar-refractivity contribution in [3.05, 3.63) is 34.9 Å². The van der Waals surface area contributed by atoms with Crippen molar-refractivity contribution >= 4 is 11.6 Å². The molecule has 2 nitrogen and oxygen atoms in total. The van der Waals surface area contributed by atoms with Gasteiger partial charge >= 0.3 is 0 Å². The molecular formula is C16H25ClN2. The van der Waals surface area contributed by atoms with Gasteiger partial charge in [-0.25, -0.2) is 0 Å². The summed E-state index contributed by atoms with van der Waals surface area (Å²) in [7, 11) is 0. The van der Waals surface area contributed by atoms with Gasteiger partial charge in [-0.15, -0.1) is 0 Å². The van der Waals surface area contributed by atoms with E-state index < -0.39 is 0 Å². The number of nitrogens with two attached hydrogens (primary N) is 1. The number of unbranched alkanes of at least 4 members (excludes halogenated alkanes) is 1. The van der Waals surface area contributed by atoms with E-state index in [4.69, 9.17) is 17.3 Å². The van der Waals surface area contributed by atoms with E-state index in [1.54, 1.807) is 0 Å². The van der Waals surface area contributed by atoms with Crippen LogP contribution in [0.25, 0.3) is 0 Å². The first-order valence-corrected chi connectivity index (χ1v) is 7.78. The van der Waals surface area contributed by atoms with E-state index in [0.717, 1.165) is 24.0 Å². The lowest BCUT2D eigenvalue weighted by Gasteiger charge is -2.36. The van der Waals surface area contributed by atoms with Gasteiger partial charge in [0.25, 0.3) is 0 Å². The van der Waals surface area contributed by atoms with Gasteiger partial charge in [-0.2, -0.15) is 0 Å². The maximum atomic E-state index is 6.24. The highest BCUT2D eigenvalue weighted by molar-refractivity contribution is 6.31. The Balaban J connectivity index is 1.94. The molecule has 1 aliphatic rings. The molecule has 1 aromatic rings. The minimum absolute atomic E-state index is 0.318. The Bertz CT molecular complexity index is 394. The Morgan fingerprint density at radius 2 is 2.11 bits per heavy atom. The van der Waals surface area contributed by atoms with Gasteiger partial charge < -0.3 is 5.73 Å². The molecule has 1 aromatic carbocycles. The lowest BCUT2D eigenvalue weighted by Crippen LogP contribution is -2.46. The summed E-state index contributed by atoms with van der Waals surface area (Å²) >= 11 is 6.24. The third kappa shape index (κ3) is 4.48. The lowest BCUT2D eigenvalue weighted by atomic mass is 9.90. The molecule has 0 spiro atoms. The molecule has 1 saturated heterocycles. The van der Waals surface area contributed by atoms with Gasteiger partial charge in [0.05, 0.1) is 0 Å². The summed E-state index contributed by atoms with van der Waals surface area (Å²) in [6, 6.07) is 8.44. The fraction of sp³-hybridized carbons (Fsp3) is 0.625.